The lowest BCUT2D eigenvalue weighted by molar-refractivity contribution is -0.139. The van der Waals surface area contributed by atoms with Crippen molar-refractivity contribution in [2.45, 2.75) is 18.8 Å². The Balaban J connectivity index is 2.54. The number of hydrogen-bond donors (Lipinski definition) is 2. The van der Waals surface area contributed by atoms with Crippen molar-refractivity contribution in [2.75, 3.05) is 0 Å². The summed E-state index contributed by atoms with van der Waals surface area (Å²) in [7, 11) is 0. The van der Waals surface area contributed by atoms with Gasteiger partial charge in [-0.25, -0.2) is 0 Å². The molecular weight excluding hydrogens is 216 g/mol. The lowest BCUT2D eigenvalue weighted by Crippen LogP contribution is -2.60. The first-order valence-electron chi connectivity index (χ1n) is 5.48. The summed E-state index contributed by atoms with van der Waals surface area (Å²) < 4.78 is 0. The molecule has 0 radical (unpaired) electrons. The highest BCUT2D eigenvalue weighted by molar-refractivity contribution is 6.13. The lowest BCUT2D eigenvalue weighted by Gasteiger charge is -2.35. The number of nitrogens with one attached hydrogen (secondary N) is 2. The molecule has 88 valence electrons. The number of hydrogen-bond acceptors (Lipinski definition) is 2. The summed E-state index contributed by atoms with van der Waals surface area (Å²) in [4.78, 5) is 24.3. The first-order chi connectivity index (χ1) is 8.11. The third-order valence-corrected chi connectivity index (χ3v) is 3.10. The van der Waals surface area contributed by atoms with Gasteiger partial charge in [-0.3, -0.25) is 9.59 Å². The van der Waals surface area contributed by atoms with Crippen LogP contribution in [0.25, 0.3) is 0 Å². The van der Waals surface area contributed by atoms with Crippen LogP contribution in [0, 0.1) is 0 Å². The third kappa shape index (κ3) is 1.62. The van der Waals surface area contributed by atoms with Crippen LogP contribution < -0.4 is 10.6 Å². The van der Waals surface area contributed by atoms with Crippen molar-refractivity contribution in [2.24, 2.45) is 0 Å². The predicted octanol–water partition coefficient (Wildman–Crippen LogP) is 1.05. The molecular formula is C13H14N2O2. The average Bonchev–Trinajstić information content (AvgIpc) is 2.30. The summed E-state index contributed by atoms with van der Waals surface area (Å²) in [5.74, 6) is -0.403. The van der Waals surface area contributed by atoms with E-state index in [1.165, 1.54) is 0 Å². The zero-order valence-corrected chi connectivity index (χ0v) is 9.62. The smallest absolute Gasteiger partial charge is 0.245 e. The summed E-state index contributed by atoms with van der Waals surface area (Å²) in [6.45, 7) is 5.36. The van der Waals surface area contributed by atoms with Gasteiger partial charge in [0.25, 0.3) is 0 Å². The fraction of sp³-hybridized carbons (Fsp3) is 0.231. The summed E-state index contributed by atoms with van der Waals surface area (Å²) in [5.41, 5.74) is -0.451. The summed E-state index contributed by atoms with van der Waals surface area (Å²) in [5, 5.41) is 5.17. The third-order valence-electron chi connectivity index (χ3n) is 3.10. The van der Waals surface area contributed by atoms with Crippen molar-refractivity contribution in [3.05, 3.63) is 48.3 Å². The minimum Gasteiger partial charge on any atom is -0.311 e. The van der Waals surface area contributed by atoms with Crippen molar-refractivity contribution in [1.29, 1.82) is 0 Å². The SMILES string of the molecule is C=C1NC(=O)C(CC)(c2ccccc2)C(=O)N1. The molecule has 0 bridgehead atoms. The largest absolute Gasteiger partial charge is 0.311 e. The zero-order valence-electron chi connectivity index (χ0n) is 9.62. The van der Waals surface area contributed by atoms with Gasteiger partial charge in [-0.15, -0.1) is 0 Å². The quantitative estimate of drug-likeness (QED) is 0.746. The Morgan fingerprint density at radius 3 is 2.12 bits per heavy atom. The maximum absolute atomic E-state index is 12.1. The molecule has 1 aromatic rings. The van der Waals surface area contributed by atoms with Crippen molar-refractivity contribution in [3.63, 3.8) is 0 Å². The van der Waals surface area contributed by atoms with Crippen LogP contribution in [0.5, 0.6) is 0 Å². The van der Waals surface area contributed by atoms with Crippen LogP contribution in [-0.4, -0.2) is 11.8 Å². The Labute approximate surface area is 99.7 Å². The van der Waals surface area contributed by atoms with Gasteiger partial charge in [0.15, 0.2) is 5.41 Å². The van der Waals surface area contributed by atoms with Crippen LogP contribution >= 0.6 is 0 Å². The molecule has 2 amide bonds. The Morgan fingerprint density at radius 2 is 1.65 bits per heavy atom. The topological polar surface area (TPSA) is 58.2 Å². The molecule has 0 atom stereocenters. The van der Waals surface area contributed by atoms with Gasteiger partial charge in [-0.1, -0.05) is 43.8 Å². The Bertz CT molecular complexity index is 459. The summed E-state index contributed by atoms with van der Waals surface area (Å²) in [6.07, 6.45) is 0.405. The van der Waals surface area contributed by atoms with Crippen LogP contribution in [0.2, 0.25) is 0 Å². The molecule has 1 aliphatic rings. The van der Waals surface area contributed by atoms with Gasteiger partial charge >= 0.3 is 0 Å². The first-order valence-corrected chi connectivity index (χ1v) is 5.48. The molecule has 0 spiro atoms. The molecule has 0 aliphatic carbocycles. The minimum atomic E-state index is -1.15. The fourth-order valence-electron chi connectivity index (χ4n) is 2.13. The van der Waals surface area contributed by atoms with E-state index in [0.717, 1.165) is 0 Å². The average molecular weight is 230 g/mol. The van der Waals surface area contributed by atoms with Crippen LogP contribution in [0.15, 0.2) is 42.7 Å². The van der Waals surface area contributed by atoms with Crippen molar-refractivity contribution in [1.82, 2.24) is 10.6 Å². The number of carbonyl (C=O) groups is 2. The van der Waals surface area contributed by atoms with E-state index in [-0.39, 0.29) is 17.6 Å². The van der Waals surface area contributed by atoms with Crippen molar-refractivity contribution in [3.8, 4) is 0 Å². The van der Waals surface area contributed by atoms with Crippen molar-refractivity contribution < 1.29 is 9.59 Å². The van der Waals surface area contributed by atoms with Crippen LogP contribution in [0.3, 0.4) is 0 Å². The minimum absolute atomic E-state index is 0.236. The van der Waals surface area contributed by atoms with E-state index in [1.807, 2.05) is 25.1 Å². The fourth-order valence-corrected chi connectivity index (χ4v) is 2.13. The molecule has 2 N–H and O–H groups in total. The van der Waals surface area contributed by atoms with E-state index in [0.29, 0.717) is 12.0 Å². The number of rotatable bonds is 2. The van der Waals surface area contributed by atoms with Gasteiger partial charge < -0.3 is 10.6 Å². The van der Waals surface area contributed by atoms with Crippen LogP contribution in [-0.2, 0) is 15.0 Å². The molecule has 0 unspecified atom stereocenters. The standard InChI is InChI=1S/C13H14N2O2/c1-3-13(10-7-5-4-6-8-10)11(16)14-9(2)15-12(13)17/h4-8H,2-3H2,1H3,(H,14,16)(H,15,17). The molecule has 1 fully saturated rings. The van der Waals surface area contributed by atoms with E-state index >= 15 is 0 Å². The molecule has 0 saturated carbocycles. The number of benzene rings is 1. The summed E-state index contributed by atoms with van der Waals surface area (Å²) in [6, 6.07) is 9.06. The highest BCUT2D eigenvalue weighted by Gasteiger charge is 2.48. The van der Waals surface area contributed by atoms with Gasteiger partial charge in [0, 0.05) is 0 Å². The molecule has 4 heteroatoms. The second-order valence-corrected chi connectivity index (χ2v) is 4.01. The van der Waals surface area contributed by atoms with Crippen molar-refractivity contribution >= 4 is 11.8 Å². The number of carbonyl (C=O) groups excluding carboxylic acids is 2. The molecule has 0 aromatic heterocycles. The van der Waals surface area contributed by atoms with Crippen LogP contribution in [0.4, 0.5) is 0 Å². The van der Waals surface area contributed by atoms with Crippen LogP contribution in [0.1, 0.15) is 18.9 Å². The van der Waals surface area contributed by atoms with E-state index < -0.39 is 5.41 Å². The molecule has 2 rings (SSSR count). The van der Waals surface area contributed by atoms with E-state index in [9.17, 15) is 9.59 Å². The van der Waals surface area contributed by atoms with E-state index in [1.54, 1.807) is 12.1 Å². The summed E-state index contributed by atoms with van der Waals surface area (Å²) >= 11 is 0. The molecule has 4 nitrogen and oxygen atoms in total. The monoisotopic (exact) mass is 230 g/mol. The molecule has 1 heterocycles. The van der Waals surface area contributed by atoms with Gasteiger partial charge in [-0.2, -0.15) is 0 Å². The Hall–Kier alpha value is -2.10. The second kappa shape index (κ2) is 4.05. The molecule has 1 aromatic carbocycles. The van der Waals surface area contributed by atoms with Gasteiger partial charge in [0.1, 0.15) is 5.82 Å². The highest BCUT2D eigenvalue weighted by Crippen LogP contribution is 2.31. The Morgan fingerprint density at radius 1 is 1.12 bits per heavy atom. The molecule has 1 saturated heterocycles. The first kappa shape index (κ1) is 11.4. The highest BCUT2D eigenvalue weighted by atomic mass is 16.2. The van der Waals surface area contributed by atoms with Gasteiger partial charge in [0.05, 0.1) is 0 Å². The maximum atomic E-state index is 12.1. The normalized spacial score (nSPS) is 18.5. The van der Waals surface area contributed by atoms with E-state index in [4.69, 9.17) is 0 Å². The lowest BCUT2D eigenvalue weighted by atomic mass is 9.75. The molecule has 1 aliphatic heterocycles. The zero-order chi connectivity index (χ0) is 12.5. The van der Waals surface area contributed by atoms with E-state index in [2.05, 4.69) is 17.2 Å². The van der Waals surface area contributed by atoms with Gasteiger partial charge in [-0.05, 0) is 12.0 Å². The number of amides is 2. The Kier molecular flexibility index (Phi) is 2.71. The second-order valence-electron chi connectivity index (χ2n) is 4.01. The van der Waals surface area contributed by atoms with Gasteiger partial charge in [0.2, 0.25) is 11.8 Å². The maximum Gasteiger partial charge on any atom is 0.245 e. The molecule has 17 heavy (non-hydrogen) atoms. The predicted molar refractivity (Wildman–Crippen MR) is 63.8 cm³/mol.